The summed E-state index contributed by atoms with van der Waals surface area (Å²) in [4.78, 5) is 0. The minimum Gasteiger partial charge on any atom is -0.394 e. The van der Waals surface area contributed by atoms with E-state index in [0.29, 0.717) is 0 Å². The fourth-order valence-corrected chi connectivity index (χ4v) is 3.45. The van der Waals surface area contributed by atoms with Crippen molar-refractivity contribution in [2.75, 3.05) is 6.61 Å². The first kappa shape index (κ1) is 14.0. The van der Waals surface area contributed by atoms with Gasteiger partial charge in [-0.2, -0.15) is 0 Å². The monoisotopic (exact) mass is 280 g/mol. The highest BCUT2D eigenvalue weighted by Gasteiger charge is 2.92. The molecule has 4 atom stereocenters. The molecule has 2 fully saturated rings. The summed E-state index contributed by atoms with van der Waals surface area (Å²) in [5, 5.41) is 30.6. The lowest BCUT2D eigenvalue weighted by Crippen LogP contribution is -2.37. The fraction of sp³-hybridized carbons (Fsp3) is 0.600. The second-order valence-electron chi connectivity index (χ2n) is 6.09. The van der Waals surface area contributed by atoms with Gasteiger partial charge in [0.1, 0.15) is 11.7 Å². The van der Waals surface area contributed by atoms with Crippen LogP contribution in [0.3, 0.4) is 0 Å². The molecule has 0 spiro atoms. The molecule has 1 saturated carbocycles. The standard InChI is InChI=1S/C15H20O5/c1-13(2)14(17)11(8-16)20-12(15(13,14)18)19-9-10-6-4-3-5-7-10/h3-7,11-12,16-18H,8-9H2,1-2H3/t11-,12-,14+,15-/m0/s1. The molecule has 1 aliphatic carbocycles. The van der Waals surface area contributed by atoms with E-state index in [0.717, 1.165) is 5.56 Å². The summed E-state index contributed by atoms with van der Waals surface area (Å²) in [5.41, 5.74) is -2.76. The molecule has 3 N–H and O–H groups in total. The van der Waals surface area contributed by atoms with Crippen molar-refractivity contribution in [1.82, 2.24) is 0 Å². The number of benzene rings is 1. The molecule has 0 amide bonds. The second kappa shape index (κ2) is 4.26. The zero-order chi connectivity index (χ0) is 14.6. The van der Waals surface area contributed by atoms with Crippen molar-refractivity contribution in [3.63, 3.8) is 0 Å². The first-order valence-corrected chi connectivity index (χ1v) is 6.76. The van der Waals surface area contributed by atoms with E-state index in [-0.39, 0.29) is 13.2 Å². The fourth-order valence-electron chi connectivity index (χ4n) is 3.45. The topological polar surface area (TPSA) is 79.2 Å². The number of hydrogen-bond donors (Lipinski definition) is 3. The Hall–Kier alpha value is -0.980. The highest BCUT2D eigenvalue weighted by atomic mass is 16.7. The van der Waals surface area contributed by atoms with Crippen LogP contribution < -0.4 is 0 Å². The maximum atomic E-state index is 10.7. The van der Waals surface area contributed by atoms with Crippen LogP contribution in [0.5, 0.6) is 0 Å². The van der Waals surface area contributed by atoms with Crippen LogP contribution in [0.15, 0.2) is 30.3 Å². The number of hydrogen-bond acceptors (Lipinski definition) is 5. The molecule has 1 aliphatic heterocycles. The molecule has 0 aromatic heterocycles. The number of rotatable bonds is 4. The third kappa shape index (κ3) is 1.44. The van der Waals surface area contributed by atoms with Gasteiger partial charge in [-0.25, -0.2) is 0 Å². The van der Waals surface area contributed by atoms with Crippen molar-refractivity contribution >= 4 is 0 Å². The summed E-state index contributed by atoms with van der Waals surface area (Å²) in [6.07, 6.45) is -1.77. The van der Waals surface area contributed by atoms with Gasteiger partial charge in [0.25, 0.3) is 0 Å². The lowest BCUT2D eigenvalue weighted by molar-refractivity contribution is -0.217. The van der Waals surface area contributed by atoms with Crippen LogP contribution in [-0.2, 0) is 16.1 Å². The Balaban J connectivity index is 1.76. The highest BCUT2D eigenvalue weighted by Crippen LogP contribution is 2.72. The summed E-state index contributed by atoms with van der Waals surface area (Å²) in [5.74, 6) is 0. The number of aliphatic hydroxyl groups excluding tert-OH is 1. The summed E-state index contributed by atoms with van der Waals surface area (Å²) < 4.78 is 11.1. The smallest absolute Gasteiger partial charge is 0.190 e. The van der Waals surface area contributed by atoms with Crippen molar-refractivity contribution in [1.29, 1.82) is 0 Å². The molecule has 0 bridgehead atoms. The zero-order valence-electron chi connectivity index (χ0n) is 11.6. The largest absolute Gasteiger partial charge is 0.394 e. The third-order valence-corrected chi connectivity index (χ3v) is 4.93. The molecule has 5 nitrogen and oxygen atoms in total. The van der Waals surface area contributed by atoms with E-state index in [1.165, 1.54) is 0 Å². The predicted molar refractivity (Wildman–Crippen MR) is 70.7 cm³/mol. The first-order valence-electron chi connectivity index (χ1n) is 6.76. The minimum absolute atomic E-state index is 0.276. The molecule has 0 radical (unpaired) electrons. The van der Waals surface area contributed by atoms with Crippen molar-refractivity contribution < 1.29 is 24.8 Å². The zero-order valence-corrected chi connectivity index (χ0v) is 11.6. The Bertz CT molecular complexity index is 502. The average Bonchev–Trinajstić information content (AvgIpc) is 2.69. The molecule has 1 saturated heterocycles. The number of fused-ring (bicyclic) bond motifs is 1. The van der Waals surface area contributed by atoms with Crippen LogP contribution in [0.25, 0.3) is 0 Å². The molecule has 1 aromatic carbocycles. The molecule has 20 heavy (non-hydrogen) atoms. The van der Waals surface area contributed by atoms with Gasteiger partial charge in [0, 0.05) is 5.41 Å². The van der Waals surface area contributed by atoms with Gasteiger partial charge in [-0.05, 0) is 5.56 Å². The van der Waals surface area contributed by atoms with Gasteiger partial charge >= 0.3 is 0 Å². The molecule has 3 rings (SSSR count). The number of ether oxygens (including phenoxy) is 2. The van der Waals surface area contributed by atoms with Crippen molar-refractivity contribution in [2.45, 2.75) is 44.1 Å². The van der Waals surface area contributed by atoms with Crippen LogP contribution in [0, 0.1) is 5.41 Å². The van der Waals surface area contributed by atoms with Crippen LogP contribution >= 0.6 is 0 Å². The van der Waals surface area contributed by atoms with E-state index in [1.807, 2.05) is 30.3 Å². The summed E-state index contributed by atoms with van der Waals surface area (Å²) in [6, 6.07) is 9.53. The minimum atomic E-state index is -1.48. The normalized spacial score (nSPS) is 41.5. The highest BCUT2D eigenvalue weighted by molar-refractivity contribution is 5.39. The van der Waals surface area contributed by atoms with E-state index in [1.54, 1.807) is 13.8 Å². The summed E-state index contributed by atoms with van der Waals surface area (Å²) in [6.45, 7) is 3.42. The Kier molecular flexibility index (Phi) is 2.97. The molecular weight excluding hydrogens is 260 g/mol. The molecule has 5 heteroatoms. The van der Waals surface area contributed by atoms with E-state index >= 15 is 0 Å². The van der Waals surface area contributed by atoms with Gasteiger partial charge < -0.3 is 24.8 Å². The molecule has 0 unspecified atom stereocenters. The molecule has 2 aliphatic rings. The van der Waals surface area contributed by atoms with E-state index < -0.39 is 29.0 Å². The summed E-state index contributed by atoms with van der Waals surface area (Å²) >= 11 is 0. The molecule has 110 valence electrons. The maximum absolute atomic E-state index is 10.7. The Morgan fingerprint density at radius 1 is 1.15 bits per heavy atom. The lowest BCUT2D eigenvalue weighted by Gasteiger charge is -2.26. The SMILES string of the molecule is CC1(C)[C@]2(O)[C@H](CO)O[C@H](OCc3ccccc3)[C@]12O. The van der Waals surface area contributed by atoms with Gasteiger partial charge in [0.05, 0.1) is 13.2 Å². The van der Waals surface area contributed by atoms with Crippen LogP contribution in [-0.4, -0.2) is 45.5 Å². The third-order valence-electron chi connectivity index (χ3n) is 4.93. The molecule has 1 aromatic rings. The van der Waals surface area contributed by atoms with E-state index in [2.05, 4.69) is 0 Å². The van der Waals surface area contributed by atoms with Crippen LogP contribution in [0.1, 0.15) is 19.4 Å². The van der Waals surface area contributed by atoms with Crippen molar-refractivity contribution in [3.8, 4) is 0 Å². The van der Waals surface area contributed by atoms with Gasteiger partial charge in [0.15, 0.2) is 11.9 Å². The van der Waals surface area contributed by atoms with Gasteiger partial charge in [-0.15, -0.1) is 0 Å². The van der Waals surface area contributed by atoms with E-state index in [9.17, 15) is 15.3 Å². The maximum Gasteiger partial charge on any atom is 0.190 e. The second-order valence-corrected chi connectivity index (χ2v) is 6.09. The predicted octanol–water partition coefficient (Wildman–Crippen LogP) is 0.422. The van der Waals surface area contributed by atoms with Gasteiger partial charge in [-0.3, -0.25) is 0 Å². The van der Waals surface area contributed by atoms with Crippen LogP contribution in [0.2, 0.25) is 0 Å². The van der Waals surface area contributed by atoms with Gasteiger partial charge in [-0.1, -0.05) is 44.2 Å². The first-order chi connectivity index (χ1) is 9.39. The van der Waals surface area contributed by atoms with Gasteiger partial charge in [0.2, 0.25) is 0 Å². The quantitative estimate of drug-likeness (QED) is 0.745. The molecule has 1 heterocycles. The van der Waals surface area contributed by atoms with E-state index in [4.69, 9.17) is 9.47 Å². The summed E-state index contributed by atoms with van der Waals surface area (Å²) in [7, 11) is 0. The van der Waals surface area contributed by atoms with Crippen LogP contribution in [0.4, 0.5) is 0 Å². The van der Waals surface area contributed by atoms with Crippen molar-refractivity contribution in [3.05, 3.63) is 35.9 Å². The molecular formula is C15H20O5. The lowest BCUT2D eigenvalue weighted by atomic mass is 10.0. The Morgan fingerprint density at radius 2 is 1.80 bits per heavy atom. The number of aliphatic hydroxyl groups is 3. The Labute approximate surface area is 117 Å². The van der Waals surface area contributed by atoms with Crippen molar-refractivity contribution in [2.24, 2.45) is 5.41 Å². The average molecular weight is 280 g/mol. The Morgan fingerprint density at radius 3 is 2.35 bits per heavy atom.